The van der Waals surface area contributed by atoms with Crippen molar-refractivity contribution >= 4 is 49.3 Å². The zero-order chi connectivity index (χ0) is 41.1. The van der Waals surface area contributed by atoms with E-state index >= 15 is 13.2 Å². The Balaban J connectivity index is 1.32. The third kappa shape index (κ3) is 5.77. The van der Waals surface area contributed by atoms with Gasteiger partial charge in [0, 0.05) is 27.1 Å². The molecular weight excluding hydrogens is 752 g/mol. The zero-order valence-electron chi connectivity index (χ0n) is 31.5. The topological polar surface area (TPSA) is 61.8 Å². The molecule has 0 saturated carbocycles. The van der Waals surface area contributed by atoms with Crippen LogP contribution in [0.4, 0.5) is 18.9 Å². The molecule has 0 unspecified atom stereocenters. The van der Waals surface area contributed by atoms with Crippen LogP contribution in [-0.2, 0) is 6.18 Å². The minimum Gasteiger partial charge on any atom is -0.308 e. The molecule has 0 spiro atoms. The predicted molar refractivity (Wildman–Crippen MR) is 232 cm³/mol. The number of aromatic nitrogens is 2. The van der Waals surface area contributed by atoms with E-state index in [1.807, 2.05) is 106 Å². The Hall–Kier alpha value is -8.38. The highest BCUT2D eigenvalue weighted by atomic mass is 19.4. The summed E-state index contributed by atoms with van der Waals surface area (Å²) in [5, 5.41) is 23.6. The second-order valence-corrected chi connectivity index (χ2v) is 14.6. The van der Waals surface area contributed by atoms with Crippen molar-refractivity contribution in [1.82, 2.24) is 9.13 Å². The number of halogens is 3. The van der Waals surface area contributed by atoms with Crippen LogP contribution in [0, 0.1) is 29.2 Å². The van der Waals surface area contributed by atoms with Crippen LogP contribution in [0.3, 0.4) is 0 Å². The standard InChI is InChI=1S/C52H28F3N5/c1-58-38-22-18-35(19-23-38)37-21-25-48-43(29-37)40-9-4-7-13-46(40)60(48)50-27-33(31-57)26-49(51(50)41-10-2-5-11-44(41)52(53,54)55)59-45-12-6-3-8-39(45)42-28-36(20-24-47(42)59)34-16-14-32(30-56)15-17-34/h2-29H. The maximum Gasteiger partial charge on any atom is 0.417 e. The average molecular weight is 780 g/mol. The van der Waals surface area contributed by atoms with Crippen molar-refractivity contribution in [2.75, 3.05) is 0 Å². The summed E-state index contributed by atoms with van der Waals surface area (Å²) in [5.41, 5.74) is 8.35. The van der Waals surface area contributed by atoms with E-state index in [1.54, 1.807) is 42.5 Å². The van der Waals surface area contributed by atoms with Crippen LogP contribution in [0.2, 0.25) is 0 Å². The number of hydrogen-bond donors (Lipinski definition) is 0. The summed E-state index contributed by atoms with van der Waals surface area (Å²) < 4.78 is 49.7. The van der Waals surface area contributed by atoms with Crippen LogP contribution in [0.5, 0.6) is 0 Å². The minimum absolute atomic E-state index is 0.0259. The van der Waals surface area contributed by atoms with Gasteiger partial charge >= 0.3 is 6.18 Å². The van der Waals surface area contributed by atoms with E-state index in [4.69, 9.17) is 6.57 Å². The lowest BCUT2D eigenvalue weighted by Gasteiger charge is -2.23. The van der Waals surface area contributed by atoms with Gasteiger partial charge in [0.25, 0.3) is 0 Å². The fourth-order valence-electron chi connectivity index (χ4n) is 8.54. The van der Waals surface area contributed by atoms with Crippen LogP contribution in [-0.4, -0.2) is 9.13 Å². The molecule has 5 nitrogen and oxygen atoms in total. The molecule has 10 rings (SSSR count). The van der Waals surface area contributed by atoms with Crippen LogP contribution in [0.25, 0.3) is 93.2 Å². The van der Waals surface area contributed by atoms with Crippen molar-refractivity contribution in [3.63, 3.8) is 0 Å². The van der Waals surface area contributed by atoms with Gasteiger partial charge in [-0.2, -0.15) is 23.7 Å². The molecule has 0 aliphatic carbocycles. The summed E-state index contributed by atoms with van der Waals surface area (Å²) in [4.78, 5) is 3.52. The molecule has 8 heteroatoms. The molecule has 60 heavy (non-hydrogen) atoms. The van der Waals surface area contributed by atoms with Gasteiger partial charge in [-0.25, -0.2) is 4.85 Å². The van der Waals surface area contributed by atoms with Crippen LogP contribution in [0.15, 0.2) is 170 Å². The Kier molecular flexibility index (Phi) is 8.35. The molecular formula is C52H28F3N5. The van der Waals surface area contributed by atoms with Crippen LogP contribution < -0.4 is 0 Å². The molecule has 0 N–H and O–H groups in total. The van der Waals surface area contributed by atoms with E-state index in [1.165, 1.54) is 12.1 Å². The predicted octanol–water partition coefficient (Wildman–Crippen LogP) is 14.2. The van der Waals surface area contributed by atoms with E-state index in [9.17, 15) is 10.5 Å². The highest BCUT2D eigenvalue weighted by Crippen LogP contribution is 2.47. The first-order valence-electron chi connectivity index (χ1n) is 19.1. The zero-order valence-corrected chi connectivity index (χ0v) is 31.5. The first-order chi connectivity index (χ1) is 29.2. The van der Waals surface area contributed by atoms with E-state index < -0.39 is 11.7 Å². The minimum atomic E-state index is -4.70. The monoisotopic (exact) mass is 779 g/mol. The molecule has 8 aromatic carbocycles. The highest BCUT2D eigenvalue weighted by molar-refractivity contribution is 6.13. The largest absolute Gasteiger partial charge is 0.417 e. The summed E-state index contributed by atoms with van der Waals surface area (Å²) in [6.07, 6.45) is -4.70. The van der Waals surface area contributed by atoms with Gasteiger partial charge in [-0.3, -0.25) is 0 Å². The lowest BCUT2D eigenvalue weighted by atomic mass is 9.94. The van der Waals surface area contributed by atoms with Gasteiger partial charge in [0.15, 0.2) is 5.69 Å². The molecule has 0 amide bonds. The number of hydrogen-bond acceptors (Lipinski definition) is 2. The number of rotatable bonds is 5. The van der Waals surface area contributed by atoms with Crippen molar-refractivity contribution < 1.29 is 13.2 Å². The second-order valence-electron chi connectivity index (χ2n) is 14.6. The Bertz CT molecular complexity index is 3300. The van der Waals surface area contributed by atoms with Gasteiger partial charge in [0.05, 0.1) is 68.8 Å². The normalized spacial score (nSPS) is 11.5. The maximum atomic E-state index is 15.2. The lowest BCUT2D eigenvalue weighted by Crippen LogP contribution is -2.10. The molecule has 2 heterocycles. The third-order valence-electron chi connectivity index (χ3n) is 11.2. The van der Waals surface area contributed by atoms with E-state index in [0.29, 0.717) is 28.2 Å². The average Bonchev–Trinajstić information content (AvgIpc) is 3.80. The van der Waals surface area contributed by atoms with E-state index in [2.05, 4.69) is 29.1 Å². The molecule has 0 radical (unpaired) electrons. The Morgan fingerprint density at radius 3 is 1.42 bits per heavy atom. The molecule has 0 bridgehead atoms. The molecule has 0 saturated heterocycles. The highest BCUT2D eigenvalue weighted by Gasteiger charge is 2.35. The first kappa shape index (κ1) is 36.0. The fourth-order valence-corrected chi connectivity index (χ4v) is 8.54. The summed E-state index contributed by atoms with van der Waals surface area (Å²) in [5.74, 6) is 0. The number of fused-ring (bicyclic) bond motifs is 6. The summed E-state index contributed by atoms with van der Waals surface area (Å²) in [7, 11) is 0. The molecule has 0 atom stereocenters. The van der Waals surface area contributed by atoms with Gasteiger partial charge in [-0.05, 0) is 94.5 Å². The summed E-state index contributed by atoms with van der Waals surface area (Å²) in [6, 6.07) is 55.7. The van der Waals surface area contributed by atoms with Crippen molar-refractivity contribution in [3.05, 3.63) is 198 Å². The van der Waals surface area contributed by atoms with E-state index in [0.717, 1.165) is 71.9 Å². The Labute approximate surface area is 342 Å². The SMILES string of the molecule is [C-]#[N+]c1ccc(-c2ccc3c(c2)c2ccccc2n3-c2cc(C#N)cc(-n3c4ccccc4c4cc(-c5ccc(C#N)cc5)ccc43)c2-c2ccccc2C(F)(F)F)cc1. The van der Waals surface area contributed by atoms with Crippen molar-refractivity contribution in [3.8, 4) is 56.9 Å². The Morgan fingerprint density at radius 1 is 0.467 bits per heavy atom. The fraction of sp³-hybridized carbons (Fsp3) is 0.0192. The number of alkyl halides is 3. The Morgan fingerprint density at radius 2 is 0.917 bits per heavy atom. The van der Waals surface area contributed by atoms with Crippen LogP contribution in [0.1, 0.15) is 16.7 Å². The third-order valence-corrected chi connectivity index (χ3v) is 11.2. The quantitative estimate of drug-likeness (QED) is 0.163. The number of nitriles is 2. The maximum absolute atomic E-state index is 15.2. The molecule has 282 valence electrons. The molecule has 0 aliphatic rings. The number of benzene rings is 8. The van der Waals surface area contributed by atoms with Crippen molar-refractivity contribution in [2.45, 2.75) is 6.18 Å². The summed E-state index contributed by atoms with van der Waals surface area (Å²) >= 11 is 0. The van der Waals surface area contributed by atoms with Gasteiger partial charge in [-0.15, -0.1) is 0 Å². The number of nitrogens with zero attached hydrogens (tertiary/aromatic N) is 5. The van der Waals surface area contributed by atoms with Crippen molar-refractivity contribution in [1.29, 1.82) is 10.5 Å². The molecule has 0 aliphatic heterocycles. The lowest BCUT2D eigenvalue weighted by molar-refractivity contribution is -0.137. The second kappa shape index (κ2) is 13.9. The summed E-state index contributed by atoms with van der Waals surface area (Å²) in [6.45, 7) is 7.38. The van der Waals surface area contributed by atoms with Gasteiger partial charge in [0.1, 0.15) is 0 Å². The van der Waals surface area contributed by atoms with Gasteiger partial charge < -0.3 is 9.13 Å². The number of para-hydroxylation sites is 2. The first-order valence-corrected chi connectivity index (χ1v) is 19.1. The van der Waals surface area contributed by atoms with Gasteiger partial charge in [0.2, 0.25) is 0 Å². The van der Waals surface area contributed by atoms with Crippen LogP contribution >= 0.6 is 0 Å². The smallest absolute Gasteiger partial charge is 0.308 e. The molecule has 0 fully saturated rings. The molecule has 10 aromatic rings. The van der Waals surface area contributed by atoms with E-state index in [-0.39, 0.29) is 11.1 Å². The van der Waals surface area contributed by atoms with Gasteiger partial charge in [-0.1, -0.05) is 103 Å². The van der Waals surface area contributed by atoms with Crippen molar-refractivity contribution in [2.24, 2.45) is 0 Å². The molecule has 2 aromatic heterocycles.